The van der Waals surface area contributed by atoms with E-state index in [0.717, 1.165) is 12.8 Å². The van der Waals surface area contributed by atoms with Gasteiger partial charge in [0.25, 0.3) is 0 Å². The Morgan fingerprint density at radius 1 is 1.68 bits per heavy atom. The molecule has 0 radical (unpaired) electrons. The van der Waals surface area contributed by atoms with E-state index in [1.54, 1.807) is 12.4 Å². The molecule has 6 nitrogen and oxygen atoms in total. The quantitative estimate of drug-likeness (QED) is 0.799. The van der Waals surface area contributed by atoms with Gasteiger partial charge < -0.3 is 10.1 Å². The minimum absolute atomic E-state index is 0.0951. The summed E-state index contributed by atoms with van der Waals surface area (Å²) in [5, 5.41) is 10.9. The molecule has 1 aromatic heterocycles. The third-order valence-corrected chi connectivity index (χ3v) is 3.93. The van der Waals surface area contributed by atoms with E-state index in [4.69, 9.17) is 4.74 Å². The number of anilines is 1. The van der Waals surface area contributed by atoms with Gasteiger partial charge in [-0.1, -0.05) is 24.7 Å². The number of Topliss-reactive ketones (excluding diaryl/α,β-unsaturated/α-hetero) is 1. The third kappa shape index (κ3) is 3.09. The van der Waals surface area contributed by atoms with Gasteiger partial charge in [-0.25, -0.2) is 0 Å². The number of ether oxygens (including phenoxy) is 1. The van der Waals surface area contributed by atoms with Crippen LogP contribution in [0.15, 0.2) is 5.51 Å². The number of aromatic nitrogens is 2. The Labute approximate surface area is 115 Å². The lowest BCUT2D eigenvalue weighted by atomic mass is 9.89. The van der Waals surface area contributed by atoms with Gasteiger partial charge in [-0.15, -0.1) is 10.2 Å². The Hall–Kier alpha value is -1.50. The number of carbonyl (C=O) groups is 2. The number of esters is 1. The second-order valence-corrected chi connectivity index (χ2v) is 5.70. The van der Waals surface area contributed by atoms with E-state index in [1.165, 1.54) is 11.3 Å². The zero-order chi connectivity index (χ0) is 13.9. The zero-order valence-electron chi connectivity index (χ0n) is 11.0. The van der Waals surface area contributed by atoms with Crippen molar-refractivity contribution in [2.45, 2.75) is 38.7 Å². The SMILES string of the molecule is CCC[C@H]1C[C@@](C)(C(=O)CNc2nncs2)OC1=O. The summed E-state index contributed by atoms with van der Waals surface area (Å²) in [6.07, 6.45) is 2.15. The van der Waals surface area contributed by atoms with Crippen LogP contribution in [0.4, 0.5) is 5.13 Å². The predicted molar refractivity (Wildman–Crippen MR) is 70.9 cm³/mol. The fourth-order valence-electron chi connectivity index (χ4n) is 2.23. The van der Waals surface area contributed by atoms with Crippen molar-refractivity contribution in [3.05, 3.63) is 5.51 Å². The van der Waals surface area contributed by atoms with Crippen molar-refractivity contribution in [1.29, 1.82) is 0 Å². The number of ketones is 1. The van der Waals surface area contributed by atoms with Gasteiger partial charge in [0.15, 0.2) is 11.4 Å². The summed E-state index contributed by atoms with van der Waals surface area (Å²) in [6, 6.07) is 0. The molecule has 2 atom stereocenters. The average Bonchev–Trinajstić information content (AvgIpc) is 2.96. The molecule has 1 N–H and O–H groups in total. The Morgan fingerprint density at radius 3 is 3.11 bits per heavy atom. The topological polar surface area (TPSA) is 81.2 Å². The van der Waals surface area contributed by atoms with E-state index in [9.17, 15) is 9.59 Å². The molecule has 0 spiro atoms. The molecule has 0 aromatic carbocycles. The first-order valence-corrected chi connectivity index (χ1v) is 7.19. The minimum atomic E-state index is -1.01. The summed E-state index contributed by atoms with van der Waals surface area (Å²) in [7, 11) is 0. The van der Waals surface area contributed by atoms with Gasteiger partial charge in [0.2, 0.25) is 5.13 Å². The molecule has 7 heteroatoms. The maximum atomic E-state index is 12.2. The van der Waals surface area contributed by atoms with Crippen LogP contribution in [0.25, 0.3) is 0 Å². The number of carbonyl (C=O) groups excluding carboxylic acids is 2. The third-order valence-electron chi connectivity index (χ3n) is 3.28. The first kappa shape index (κ1) is 13.9. The van der Waals surface area contributed by atoms with Crippen LogP contribution in [0.1, 0.15) is 33.1 Å². The van der Waals surface area contributed by atoms with Crippen LogP contribution in [0.5, 0.6) is 0 Å². The van der Waals surface area contributed by atoms with Crippen molar-refractivity contribution in [3.8, 4) is 0 Å². The number of hydrogen-bond donors (Lipinski definition) is 1. The largest absolute Gasteiger partial charge is 0.451 e. The van der Waals surface area contributed by atoms with Crippen molar-refractivity contribution in [2.24, 2.45) is 5.92 Å². The van der Waals surface area contributed by atoms with Crippen molar-refractivity contribution in [2.75, 3.05) is 11.9 Å². The highest BCUT2D eigenvalue weighted by molar-refractivity contribution is 7.13. The van der Waals surface area contributed by atoms with Crippen molar-refractivity contribution in [1.82, 2.24) is 10.2 Å². The molecule has 0 aliphatic carbocycles. The first-order valence-electron chi connectivity index (χ1n) is 6.31. The fourth-order valence-corrected chi connectivity index (χ4v) is 2.68. The number of nitrogens with one attached hydrogen (secondary N) is 1. The standard InChI is InChI=1S/C12H17N3O3S/c1-3-4-8-5-12(2,18-10(8)17)9(16)6-13-11-15-14-7-19-11/h7-8H,3-6H2,1-2H3,(H,13,15)/t8-,12-/m0/s1. The van der Waals surface area contributed by atoms with E-state index in [1.807, 2.05) is 6.92 Å². The molecule has 19 heavy (non-hydrogen) atoms. The Kier molecular flexibility index (Phi) is 4.14. The van der Waals surface area contributed by atoms with Crippen LogP contribution in [-0.4, -0.2) is 34.1 Å². The van der Waals surface area contributed by atoms with Crippen LogP contribution in [0.2, 0.25) is 0 Å². The molecule has 0 amide bonds. The monoisotopic (exact) mass is 283 g/mol. The lowest BCUT2D eigenvalue weighted by Gasteiger charge is -2.20. The van der Waals surface area contributed by atoms with Crippen LogP contribution >= 0.6 is 11.3 Å². The molecular formula is C12H17N3O3S. The van der Waals surface area contributed by atoms with Crippen LogP contribution in [0.3, 0.4) is 0 Å². The molecule has 0 saturated carbocycles. The zero-order valence-corrected chi connectivity index (χ0v) is 11.8. The molecule has 1 aliphatic heterocycles. The van der Waals surface area contributed by atoms with Crippen LogP contribution < -0.4 is 5.32 Å². The van der Waals surface area contributed by atoms with Gasteiger partial charge in [-0.2, -0.15) is 0 Å². The second-order valence-electron chi connectivity index (χ2n) is 4.86. The molecule has 104 valence electrons. The number of hydrogen-bond acceptors (Lipinski definition) is 7. The van der Waals surface area contributed by atoms with E-state index in [0.29, 0.717) is 11.6 Å². The Bertz CT molecular complexity index is 463. The van der Waals surface area contributed by atoms with Gasteiger partial charge >= 0.3 is 5.97 Å². The first-order chi connectivity index (χ1) is 9.05. The summed E-state index contributed by atoms with van der Waals surface area (Å²) < 4.78 is 5.28. The van der Waals surface area contributed by atoms with Crippen LogP contribution in [0, 0.1) is 5.92 Å². The highest BCUT2D eigenvalue weighted by Gasteiger charge is 2.47. The Morgan fingerprint density at radius 2 is 2.47 bits per heavy atom. The summed E-state index contributed by atoms with van der Waals surface area (Å²) in [6.45, 7) is 3.80. The summed E-state index contributed by atoms with van der Waals surface area (Å²) in [5.41, 5.74) is 0.579. The summed E-state index contributed by atoms with van der Waals surface area (Å²) in [4.78, 5) is 23.9. The molecule has 0 unspecified atom stereocenters. The van der Waals surface area contributed by atoms with E-state index >= 15 is 0 Å². The summed E-state index contributed by atoms with van der Waals surface area (Å²) >= 11 is 1.32. The maximum Gasteiger partial charge on any atom is 0.310 e. The number of rotatable bonds is 6. The highest BCUT2D eigenvalue weighted by Crippen LogP contribution is 2.34. The number of cyclic esters (lactones) is 1. The fraction of sp³-hybridized carbons (Fsp3) is 0.667. The van der Waals surface area contributed by atoms with Gasteiger partial charge in [0.1, 0.15) is 5.51 Å². The molecule has 1 aliphatic rings. The van der Waals surface area contributed by atoms with Crippen molar-refractivity contribution >= 4 is 28.2 Å². The minimum Gasteiger partial charge on any atom is -0.451 e. The van der Waals surface area contributed by atoms with Crippen molar-refractivity contribution in [3.63, 3.8) is 0 Å². The van der Waals surface area contributed by atoms with Gasteiger partial charge in [0.05, 0.1) is 12.5 Å². The van der Waals surface area contributed by atoms with Crippen molar-refractivity contribution < 1.29 is 14.3 Å². The lowest BCUT2D eigenvalue weighted by molar-refractivity contribution is -0.156. The van der Waals surface area contributed by atoms with Gasteiger partial charge in [-0.05, 0) is 13.3 Å². The van der Waals surface area contributed by atoms with Crippen LogP contribution in [-0.2, 0) is 14.3 Å². The molecule has 1 fully saturated rings. The maximum absolute atomic E-state index is 12.2. The summed E-state index contributed by atoms with van der Waals surface area (Å²) in [5.74, 6) is -0.538. The van der Waals surface area contributed by atoms with E-state index < -0.39 is 5.60 Å². The molecular weight excluding hydrogens is 266 g/mol. The Balaban J connectivity index is 1.93. The van der Waals surface area contributed by atoms with Gasteiger partial charge in [0, 0.05) is 6.42 Å². The molecule has 1 aromatic rings. The molecule has 2 rings (SSSR count). The van der Waals surface area contributed by atoms with Gasteiger partial charge in [-0.3, -0.25) is 9.59 Å². The average molecular weight is 283 g/mol. The lowest BCUT2D eigenvalue weighted by Crippen LogP contribution is -2.39. The smallest absolute Gasteiger partial charge is 0.310 e. The highest BCUT2D eigenvalue weighted by atomic mass is 32.1. The molecule has 1 saturated heterocycles. The predicted octanol–water partition coefficient (Wildman–Crippen LogP) is 1.64. The number of nitrogens with zero attached hydrogens (tertiary/aromatic N) is 2. The van der Waals surface area contributed by atoms with E-state index in [2.05, 4.69) is 15.5 Å². The van der Waals surface area contributed by atoms with E-state index in [-0.39, 0.29) is 24.2 Å². The molecule has 0 bridgehead atoms. The normalized spacial score (nSPS) is 26.2. The second kappa shape index (κ2) is 5.64. The molecule has 2 heterocycles.